The van der Waals surface area contributed by atoms with Crippen LogP contribution in [0.2, 0.25) is 0 Å². The molecule has 0 fully saturated rings. The number of hydrogen-bond acceptors (Lipinski definition) is 5. The van der Waals surface area contributed by atoms with Crippen molar-refractivity contribution in [3.05, 3.63) is 42.0 Å². The molecule has 1 unspecified atom stereocenters. The molecule has 0 amide bonds. The molecule has 0 heterocycles. The molecule has 5 nitrogen and oxygen atoms in total. The minimum atomic E-state index is -1.55. The summed E-state index contributed by atoms with van der Waals surface area (Å²) in [6.45, 7) is 1.97. The van der Waals surface area contributed by atoms with Crippen molar-refractivity contribution in [2.75, 3.05) is 20.0 Å². The van der Waals surface area contributed by atoms with Crippen molar-refractivity contribution in [2.45, 2.75) is 31.1 Å². The second-order valence-corrected chi connectivity index (χ2v) is 7.34. The zero-order valence-corrected chi connectivity index (χ0v) is 16.1. The smallest absolute Gasteiger partial charge is 0.324 e. The van der Waals surface area contributed by atoms with Gasteiger partial charge in [-0.25, -0.2) is 0 Å². The Kier molecular flexibility index (Phi) is 8.80. The number of carbonyl (C=O) groups is 2. The zero-order chi connectivity index (χ0) is 19.6. The van der Waals surface area contributed by atoms with Gasteiger partial charge in [0, 0.05) is 17.1 Å². The summed E-state index contributed by atoms with van der Waals surface area (Å²) in [6, 6.07) is 7.54. The first-order chi connectivity index (χ1) is 12.4. The quantitative estimate of drug-likeness (QED) is 0.287. The lowest BCUT2D eigenvalue weighted by molar-refractivity contribution is -0.168. The number of carbonyl (C=O) groups excluding carboxylic acids is 2. The Balaban J connectivity index is 2.72. The fourth-order valence-corrected chi connectivity index (χ4v) is 3.44. The minimum Gasteiger partial charge on any atom is -0.468 e. The third-order valence-electron chi connectivity index (χ3n) is 3.94. The van der Waals surface area contributed by atoms with Crippen molar-refractivity contribution >= 4 is 22.7 Å². The molecule has 26 heavy (non-hydrogen) atoms. The molecule has 1 aromatic carbocycles. The summed E-state index contributed by atoms with van der Waals surface area (Å²) in [7, 11) is 1.29. The lowest BCUT2D eigenvalue weighted by atomic mass is 9.81. The van der Waals surface area contributed by atoms with E-state index in [4.69, 9.17) is 15.9 Å². The highest BCUT2D eigenvalue weighted by atomic mass is 32.2. The van der Waals surface area contributed by atoms with Crippen LogP contribution in [-0.4, -0.2) is 36.1 Å². The molecule has 0 radical (unpaired) electrons. The highest BCUT2D eigenvalue weighted by Crippen LogP contribution is 2.30. The van der Waals surface area contributed by atoms with Gasteiger partial charge in [-0.15, -0.1) is 12.3 Å². The Morgan fingerprint density at radius 1 is 1.15 bits per heavy atom. The van der Waals surface area contributed by atoms with Gasteiger partial charge in [-0.2, -0.15) is 0 Å². The van der Waals surface area contributed by atoms with E-state index in [1.165, 1.54) is 14.2 Å². The van der Waals surface area contributed by atoms with Gasteiger partial charge in [0.25, 0.3) is 0 Å². The van der Waals surface area contributed by atoms with Gasteiger partial charge in [0.1, 0.15) is 0 Å². The second kappa shape index (κ2) is 10.6. The van der Waals surface area contributed by atoms with E-state index in [2.05, 4.69) is 5.92 Å². The molecule has 1 rings (SSSR count). The third kappa shape index (κ3) is 5.57. The largest absolute Gasteiger partial charge is 0.468 e. The fraction of sp³-hybridized carbons (Fsp3) is 0.400. The van der Waals surface area contributed by atoms with Crippen LogP contribution in [0.15, 0.2) is 41.3 Å². The molecule has 140 valence electrons. The van der Waals surface area contributed by atoms with Crippen LogP contribution in [0.5, 0.6) is 0 Å². The summed E-state index contributed by atoms with van der Waals surface area (Å²) in [4.78, 5) is 25.0. The van der Waals surface area contributed by atoms with Gasteiger partial charge < -0.3 is 9.47 Å². The van der Waals surface area contributed by atoms with E-state index in [-0.39, 0.29) is 12.8 Å². The van der Waals surface area contributed by atoms with E-state index in [9.17, 15) is 13.8 Å². The first-order valence-electron chi connectivity index (χ1n) is 8.11. The van der Waals surface area contributed by atoms with E-state index in [1.807, 2.05) is 31.2 Å². The molecule has 0 spiro atoms. The Labute approximate surface area is 157 Å². The lowest BCUT2D eigenvalue weighted by Gasteiger charge is -2.24. The number of terminal acetylenes is 1. The van der Waals surface area contributed by atoms with Crippen molar-refractivity contribution in [1.29, 1.82) is 0 Å². The Morgan fingerprint density at radius 2 is 1.73 bits per heavy atom. The van der Waals surface area contributed by atoms with Crippen molar-refractivity contribution in [3.63, 3.8) is 0 Å². The van der Waals surface area contributed by atoms with Crippen LogP contribution in [-0.2, 0) is 29.9 Å². The predicted octanol–water partition coefficient (Wildman–Crippen LogP) is 2.79. The molecule has 0 aliphatic rings. The van der Waals surface area contributed by atoms with Crippen LogP contribution in [0.25, 0.3) is 0 Å². The predicted molar refractivity (Wildman–Crippen MR) is 101 cm³/mol. The lowest BCUT2D eigenvalue weighted by Crippen LogP contribution is -2.40. The SMILES string of the molecule is C#CCC(C/C=C/CCS(=O)c1ccc(C)cc1)(C(=O)OC)C(=O)OC. The van der Waals surface area contributed by atoms with Crippen LogP contribution in [0.3, 0.4) is 0 Å². The maximum Gasteiger partial charge on any atom is 0.324 e. The molecule has 0 aromatic heterocycles. The van der Waals surface area contributed by atoms with Crippen LogP contribution >= 0.6 is 0 Å². The fourth-order valence-electron chi connectivity index (χ4n) is 2.42. The summed E-state index contributed by atoms with van der Waals surface area (Å²) < 4.78 is 21.7. The highest BCUT2D eigenvalue weighted by molar-refractivity contribution is 7.85. The van der Waals surface area contributed by atoms with Crippen molar-refractivity contribution in [3.8, 4) is 12.3 Å². The third-order valence-corrected chi connectivity index (χ3v) is 5.35. The molecule has 0 saturated heterocycles. The molecule has 0 bridgehead atoms. The van der Waals surface area contributed by atoms with Crippen LogP contribution in [0, 0.1) is 24.7 Å². The molecule has 6 heteroatoms. The van der Waals surface area contributed by atoms with E-state index >= 15 is 0 Å². The molecular formula is C20H24O5S. The number of aryl methyl sites for hydroxylation is 1. The Hall–Kier alpha value is -2.39. The van der Waals surface area contributed by atoms with Gasteiger partial charge in [0.05, 0.1) is 25.0 Å². The summed E-state index contributed by atoms with van der Waals surface area (Å²) in [5.41, 5.74) is -0.439. The monoisotopic (exact) mass is 376 g/mol. The van der Waals surface area contributed by atoms with E-state index in [1.54, 1.807) is 12.2 Å². The van der Waals surface area contributed by atoms with Crippen molar-refractivity contribution in [1.82, 2.24) is 0 Å². The summed E-state index contributed by atoms with van der Waals surface area (Å²) >= 11 is 0. The van der Waals surface area contributed by atoms with Crippen LogP contribution in [0.4, 0.5) is 0 Å². The summed E-state index contributed by atoms with van der Waals surface area (Å²) in [5.74, 6) is 1.33. The van der Waals surface area contributed by atoms with Crippen molar-refractivity contribution in [2.24, 2.45) is 5.41 Å². The molecule has 1 atom stereocenters. The molecule has 1 aromatic rings. The second-order valence-electron chi connectivity index (χ2n) is 5.77. The van der Waals surface area contributed by atoms with E-state index < -0.39 is 28.2 Å². The van der Waals surface area contributed by atoms with Crippen LogP contribution in [0.1, 0.15) is 24.8 Å². The summed E-state index contributed by atoms with van der Waals surface area (Å²) in [6.07, 6.45) is 9.25. The van der Waals surface area contributed by atoms with Gasteiger partial charge in [0.15, 0.2) is 5.41 Å². The van der Waals surface area contributed by atoms with E-state index in [0.717, 1.165) is 10.5 Å². The maximum absolute atomic E-state index is 12.2. The number of hydrogen-bond donors (Lipinski definition) is 0. The molecule has 0 N–H and O–H groups in total. The number of benzene rings is 1. The molecule has 0 aliphatic heterocycles. The highest BCUT2D eigenvalue weighted by Gasteiger charge is 2.46. The Morgan fingerprint density at radius 3 is 2.23 bits per heavy atom. The van der Waals surface area contributed by atoms with Gasteiger partial charge in [-0.3, -0.25) is 13.8 Å². The maximum atomic E-state index is 12.2. The minimum absolute atomic E-state index is 0.0632. The Bertz CT molecular complexity index is 697. The van der Waals surface area contributed by atoms with Gasteiger partial charge >= 0.3 is 11.9 Å². The average molecular weight is 376 g/mol. The molecular weight excluding hydrogens is 352 g/mol. The molecule has 0 saturated carbocycles. The summed E-state index contributed by atoms with van der Waals surface area (Å²) in [5, 5.41) is 0. The normalized spacial score (nSPS) is 12.4. The number of ether oxygens (including phenoxy) is 2. The zero-order valence-electron chi connectivity index (χ0n) is 15.3. The average Bonchev–Trinajstić information content (AvgIpc) is 2.65. The number of esters is 2. The topological polar surface area (TPSA) is 69.7 Å². The van der Waals surface area contributed by atoms with Crippen molar-refractivity contribution < 1.29 is 23.3 Å². The first kappa shape index (κ1) is 21.7. The molecule has 0 aliphatic carbocycles. The van der Waals surface area contributed by atoms with Gasteiger partial charge in [-0.1, -0.05) is 29.8 Å². The first-order valence-corrected chi connectivity index (χ1v) is 9.43. The van der Waals surface area contributed by atoms with Gasteiger partial charge in [0.2, 0.25) is 0 Å². The van der Waals surface area contributed by atoms with E-state index in [0.29, 0.717) is 12.2 Å². The standard InChI is InChI=1S/C20H24O5S/c1-5-13-20(18(21)24-3,19(22)25-4)14-7-6-8-15-26(23)17-11-9-16(2)10-12-17/h1,6-7,9-12H,8,13-15H2,2-4H3/b7-6+. The number of methoxy groups -OCH3 is 2. The number of allylic oxidation sites excluding steroid dienone is 2. The van der Waals surface area contributed by atoms with Crippen LogP contribution < -0.4 is 0 Å². The van der Waals surface area contributed by atoms with Gasteiger partial charge in [-0.05, 0) is 31.9 Å². The number of rotatable bonds is 9.